The van der Waals surface area contributed by atoms with Gasteiger partial charge in [-0.2, -0.15) is 0 Å². The van der Waals surface area contributed by atoms with Gasteiger partial charge in [0.05, 0.1) is 5.56 Å². The lowest BCUT2D eigenvalue weighted by atomic mass is 10.2. The van der Waals surface area contributed by atoms with Gasteiger partial charge >= 0.3 is 0 Å². The minimum Gasteiger partial charge on any atom is -0.324 e. The molecule has 0 bridgehead atoms. The second-order valence-corrected chi connectivity index (χ2v) is 5.61. The van der Waals surface area contributed by atoms with Crippen LogP contribution in [0.25, 0.3) is 0 Å². The molecule has 1 aromatic heterocycles. The number of carbonyl (C=O) groups excluding carboxylic acids is 1. The van der Waals surface area contributed by atoms with Crippen molar-refractivity contribution in [3.8, 4) is 0 Å². The summed E-state index contributed by atoms with van der Waals surface area (Å²) in [5.41, 5.74) is 4.38. The smallest absolute Gasteiger partial charge is 0.258 e. The van der Waals surface area contributed by atoms with Crippen LogP contribution in [0, 0.1) is 13.8 Å². The molecule has 0 saturated heterocycles. The molecule has 5 nitrogen and oxygen atoms in total. The monoisotopic (exact) mass is 318 g/mol. The first-order chi connectivity index (χ1) is 11.6. The van der Waals surface area contributed by atoms with Crippen molar-refractivity contribution in [2.24, 2.45) is 0 Å². The Kier molecular flexibility index (Phi) is 4.52. The Bertz CT molecular complexity index is 825. The molecule has 2 N–H and O–H groups in total. The van der Waals surface area contributed by atoms with E-state index >= 15 is 0 Å². The molecule has 24 heavy (non-hydrogen) atoms. The zero-order valence-electron chi connectivity index (χ0n) is 13.6. The van der Waals surface area contributed by atoms with Gasteiger partial charge in [-0.25, -0.2) is 9.97 Å². The normalized spacial score (nSPS) is 10.2. The zero-order valence-corrected chi connectivity index (χ0v) is 13.6. The van der Waals surface area contributed by atoms with Gasteiger partial charge in [-0.1, -0.05) is 35.4 Å². The Morgan fingerprint density at radius 1 is 0.792 bits per heavy atom. The lowest BCUT2D eigenvalue weighted by Crippen LogP contribution is -2.13. The van der Waals surface area contributed by atoms with Crippen molar-refractivity contribution in [2.75, 3.05) is 10.6 Å². The topological polar surface area (TPSA) is 66.9 Å². The van der Waals surface area contributed by atoms with E-state index in [9.17, 15) is 4.79 Å². The quantitative estimate of drug-likeness (QED) is 0.760. The number of nitrogens with one attached hydrogen (secondary N) is 2. The molecule has 0 aliphatic rings. The van der Waals surface area contributed by atoms with Crippen LogP contribution in [0.1, 0.15) is 21.5 Å². The van der Waals surface area contributed by atoms with Gasteiger partial charge in [-0.15, -0.1) is 0 Å². The largest absolute Gasteiger partial charge is 0.324 e. The van der Waals surface area contributed by atoms with E-state index in [1.807, 2.05) is 62.4 Å². The van der Waals surface area contributed by atoms with Crippen molar-refractivity contribution >= 4 is 23.2 Å². The van der Waals surface area contributed by atoms with Crippen LogP contribution < -0.4 is 10.6 Å². The molecule has 0 spiro atoms. The molecular weight excluding hydrogens is 300 g/mol. The second-order valence-electron chi connectivity index (χ2n) is 5.61. The average molecular weight is 318 g/mol. The Balaban J connectivity index is 1.66. The van der Waals surface area contributed by atoms with Crippen molar-refractivity contribution in [1.82, 2.24) is 9.97 Å². The van der Waals surface area contributed by atoms with Crippen LogP contribution in [0.5, 0.6) is 0 Å². The summed E-state index contributed by atoms with van der Waals surface area (Å²) in [4.78, 5) is 20.6. The van der Waals surface area contributed by atoms with Crippen molar-refractivity contribution in [1.29, 1.82) is 0 Å². The van der Waals surface area contributed by atoms with E-state index < -0.39 is 0 Å². The predicted octanol–water partition coefficient (Wildman–Crippen LogP) is 4.09. The van der Waals surface area contributed by atoms with Crippen molar-refractivity contribution in [2.45, 2.75) is 13.8 Å². The average Bonchev–Trinajstić information content (AvgIpc) is 2.59. The van der Waals surface area contributed by atoms with Gasteiger partial charge < -0.3 is 10.6 Å². The number of carbonyl (C=O) groups is 1. The summed E-state index contributed by atoms with van der Waals surface area (Å²) in [7, 11) is 0. The highest BCUT2D eigenvalue weighted by atomic mass is 16.1. The summed E-state index contributed by atoms with van der Waals surface area (Å²) in [6, 6.07) is 15.5. The van der Waals surface area contributed by atoms with E-state index in [1.54, 1.807) is 0 Å². The van der Waals surface area contributed by atoms with E-state index in [0.717, 1.165) is 16.9 Å². The molecule has 0 radical (unpaired) electrons. The number of hydrogen-bond donors (Lipinski definition) is 2. The van der Waals surface area contributed by atoms with Crippen LogP contribution in [-0.2, 0) is 0 Å². The number of amides is 1. The van der Waals surface area contributed by atoms with E-state index in [-0.39, 0.29) is 5.91 Å². The summed E-state index contributed by atoms with van der Waals surface area (Å²) in [6.07, 6.45) is 3.01. The first-order valence-electron chi connectivity index (χ1n) is 7.64. The molecule has 0 atom stereocenters. The summed E-state index contributed by atoms with van der Waals surface area (Å²) in [6.45, 7) is 4.03. The van der Waals surface area contributed by atoms with Gasteiger partial charge in [0.2, 0.25) is 5.95 Å². The van der Waals surface area contributed by atoms with Gasteiger partial charge in [-0.05, 0) is 38.1 Å². The summed E-state index contributed by atoms with van der Waals surface area (Å²) >= 11 is 0. The number of aromatic nitrogens is 2. The maximum Gasteiger partial charge on any atom is 0.258 e. The molecule has 5 heteroatoms. The number of hydrogen-bond acceptors (Lipinski definition) is 4. The zero-order chi connectivity index (χ0) is 16.9. The summed E-state index contributed by atoms with van der Waals surface area (Å²) < 4.78 is 0. The maximum absolute atomic E-state index is 12.2. The maximum atomic E-state index is 12.2. The molecule has 0 aliphatic heterocycles. The Hall–Kier alpha value is -3.21. The molecule has 0 saturated carbocycles. The Morgan fingerprint density at radius 3 is 1.83 bits per heavy atom. The standard InChI is InChI=1S/C19H18N4O/c1-13-3-7-16(8-4-13)22-18(24)15-11-20-19(21-12-15)23-17-9-5-14(2)6-10-17/h3-12H,1-2H3,(H,22,24)(H,20,21,23). The first-order valence-corrected chi connectivity index (χ1v) is 7.64. The van der Waals surface area contributed by atoms with Crippen LogP contribution in [-0.4, -0.2) is 15.9 Å². The van der Waals surface area contributed by atoms with Gasteiger partial charge in [0, 0.05) is 23.8 Å². The van der Waals surface area contributed by atoms with Crippen LogP contribution in [0.2, 0.25) is 0 Å². The molecule has 1 heterocycles. The van der Waals surface area contributed by atoms with E-state index in [2.05, 4.69) is 20.6 Å². The van der Waals surface area contributed by atoms with Crippen LogP contribution in [0.3, 0.4) is 0 Å². The summed E-state index contributed by atoms with van der Waals surface area (Å²) in [5, 5.41) is 5.92. The predicted molar refractivity (Wildman–Crippen MR) is 95.6 cm³/mol. The minimum atomic E-state index is -0.235. The van der Waals surface area contributed by atoms with E-state index in [4.69, 9.17) is 0 Å². The highest BCUT2D eigenvalue weighted by Crippen LogP contribution is 2.14. The van der Waals surface area contributed by atoms with Crippen molar-refractivity contribution in [3.63, 3.8) is 0 Å². The van der Waals surface area contributed by atoms with Gasteiger partial charge in [-0.3, -0.25) is 4.79 Å². The molecule has 0 aliphatic carbocycles. The number of aryl methyl sites for hydroxylation is 2. The fourth-order valence-electron chi connectivity index (χ4n) is 2.12. The molecule has 0 fully saturated rings. The minimum absolute atomic E-state index is 0.235. The molecule has 1 amide bonds. The Morgan fingerprint density at radius 2 is 1.29 bits per heavy atom. The molecule has 0 unspecified atom stereocenters. The SMILES string of the molecule is Cc1ccc(NC(=O)c2cnc(Nc3ccc(C)cc3)nc2)cc1. The lowest BCUT2D eigenvalue weighted by molar-refractivity contribution is 0.102. The van der Waals surface area contributed by atoms with Crippen molar-refractivity contribution in [3.05, 3.63) is 77.6 Å². The van der Waals surface area contributed by atoms with Crippen LogP contribution in [0.4, 0.5) is 17.3 Å². The van der Waals surface area contributed by atoms with Crippen LogP contribution >= 0.6 is 0 Å². The van der Waals surface area contributed by atoms with E-state index in [1.165, 1.54) is 18.0 Å². The van der Waals surface area contributed by atoms with Gasteiger partial charge in [0.25, 0.3) is 5.91 Å². The molecule has 120 valence electrons. The highest BCUT2D eigenvalue weighted by Gasteiger charge is 2.08. The third kappa shape index (κ3) is 3.95. The lowest BCUT2D eigenvalue weighted by Gasteiger charge is -2.07. The van der Waals surface area contributed by atoms with Crippen molar-refractivity contribution < 1.29 is 4.79 Å². The molecule has 2 aromatic carbocycles. The highest BCUT2D eigenvalue weighted by molar-refractivity contribution is 6.03. The number of anilines is 3. The first kappa shape index (κ1) is 15.7. The molecular formula is C19H18N4O. The fraction of sp³-hybridized carbons (Fsp3) is 0.105. The third-order valence-electron chi connectivity index (χ3n) is 3.53. The third-order valence-corrected chi connectivity index (χ3v) is 3.53. The Labute approximate surface area is 140 Å². The molecule has 3 rings (SSSR count). The van der Waals surface area contributed by atoms with Gasteiger partial charge in [0.1, 0.15) is 0 Å². The fourth-order valence-corrected chi connectivity index (χ4v) is 2.12. The summed E-state index contributed by atoms with van der Waals surface area (Å²) in [5.74, 6) is 0.214. The number of nitrogens with zero attached hydrogens (tertiary/aromatic N) is 2. The second kappa shape index (κ2) is 6.91. The number of rotatable bonds is 4. The molecule has 3 aromatic rings. The van der Waals surface area contributed by atoms with Crippen LogP contribution in [0.15, 0.2) is 60.9 Å². The number of benzene rings is 2. The van der Waals surface area contributed by atoms with E-state index in [0.29, 0.717) is 11.5 Å². The van der Waals surface area contributed by atoms with Gasteiger partial charge in [0.15, 0.2) is 0 Å².